The van der Waals surface area contributed by atoms with Crippen LogP contribution >= 0.6 is 0 Å². The van der Waals surface area contributed by atoms with E-state index in [2.05, 4.69) is 46.5 Å². The third-order valence-electron chi connectivity index (χ3n) is 5.04. The van der Waals surface area contributed by atoms with Crippen LogP contribution in [0.15, 0.2) is 60.8 Å². The minimum absolute atomic E-state index is 0.160. The molecule has 0 bridgehead atoms. The molecule has 0 aliphatic carbocycles. The second-order valence-electron chi connectivity index (χ2n) is 6.96. The van der Waals surface area contributed by atoms with Crippen LogP contribution in [0.4, 0.5) is 5.69 Å². The molecule has 1 unspecified atom stereocenters. The van der Waals surface area contributed by atoms with Crippen molar-refractivity contribution in [3.05, 3.63) is 72.2 Å². The zero-order valence-electron chi connectivity index (χ0n) is 15.5. The van der Waals surface area contributed by atoms with Gasteiger partial charge in [-0.25, -0.2) is 4.98 Å². The number of carbonyl (C=O) groups is 1. The van der Waals surface area contributed by atoms with Gasteiger partial charge in [-0.15, -0.1) is 0 Å². The van der Waals surface area contributed by atoms with Crippen LogP contribution in [0.5, 0.6) is 0 Å². The van der Waals surface area contributed by atoms with Crippen LogP contribution in [0.1, 0.15) is 37.2 Å². The number of aromatic nitrogens is 2. The Labute approximate surface area is 159 Å². The van der Waals surface area contributed by atoms with Gasteiger partial charge in [0.05, 0.1) is 18.4 Å². The van der Waals surface area contributed by atoms with Crippen LogP contribution in [0, 0.1) is 0 Å². The number of amides is 1. The third kappa shape index (κ3) is 3.93. The van der Waals surface area contributed by atoms with Gasteiger partial charge in [-0.05, 0) is 36.6 Å². The smallest absolute Gasteiger partial charge is 0.227 e. The molecule has 1 fully saturated rings. The fourth-order valence-corrected chi connectivity index (χ4v) is 3.47. The van der Waals surface area contributed by atoms with Gasteiger partial charge in [0.2, 0.25) is 5.91 Å². The second kappa shape index (κ2) is 7.76. The van der Waals surface area contributed by atoms with Crippen molar-refractivity contribution >= 4 is 11.6 Å². The molecule has 5 heteroatoms. The number of benzene rings is 2. The summed E-state index contributed by atoms with van der Waals surface area (Å²) in [5, 5.41) is 3.51. The Balaban J connectivity index is 1.40. The molecule has 27 heavy (non-hydrogen) atoms. The van der Waals surface area contributed by atoms with E-state index in [9.17, 15) is 4.79 Å². The molecule has 2 heterocycles. The monoisotopic (exact) mass is 360 g/mol. The lowest BCUT2D eigenvalue weighted by molar-refractivity contribution is -0.117. The molecule has 2 aromatic carbocycles. The Morgan fingerprint density at radius 3 is 2.81 bits per heavy atom. The Kier molecular flexibility index (Phi) is 5.03. The van der Waals surface area contributed by atoms with Gasteiger partial charge in [-0.3, -0.25) is 4.79 Å². The fraction of sp³-hybridized carbons (Fsp3) is 0.273. The van der Waals surface area contributed by atoms with Crippen molar-refractivity contribution in [2.75, 3.05) is 11.4 Å². The van der Waals surface area contributed by atoms with E-state index in [1.807, 2.05) is 41.4 Å². The van der Waals surface area contributed by atoms with Crippen LogP contribution in [0.3, 0.4) is 0 Å². The summed E-state index contributed by atoms with van der Waals surface area (Å²) in [6.07, 6.45) is 3.47. The largest absolute Gasteiger partial charge is 0.341 e. The van der Waals surface area contributed by atoms with E-state index >= 15 is 0 Å². The zero-order chi connectivity index (χ0) is 18.6. The molecule has 2 N–H and O–H groups in total. The number of hydrogen-bond donors (Lipinski definition) is 2. The van der Waals surface area contributed by atoms with Gasteiger partial charge in [-0.1, -0.05) is 42.5 Å². The average Bonchev–Trinajstić information content (AvgIpc) is 3.36. The summed E-state index contributed by atoms with van der Waals surface area (Å²) >= 11 is 0. The van der Waals surface area contributed by atoms with Crippen LogP contribution in [-0.4, -0.2) is 22.4 Å². The highest BCUT2D eigenvalue weighted by Gasteiger charge is 2.22. The molecule has 5 nitrogen and oxygen atoms in total. The van der Waals surface area contributed by atoms with Crippen LogP contribution < -0.4 is 10.2 Å². The topological polar surface area (TPSA) is 61.0 Å². The fourth-order valence-electron chi connectivity index (χ4n) is 3.47. The summed E-state index contributed by atoms with van der Waals surface area (Å²) in [5.74, 6) is 1.13. The van der Waals surface area contributed by atoms with E-state index in [0.717, 1.165) is 35.7 Å². The zero-order valence-corrected chi connectivity index (χ0v) is 15.5. The molecule has 1 aliphatic rings. The molecule has 1 aromatic heterocycles. The molecule has 1 amide bonds. The quantitative estimate of drug-likeness (QED) is 0.697. The Hall–Kier alpha value is -2.92. The lowest BCUT2D eigenvalue weighted by atomic mass is 10.1. The number of aromatic amines is 1. The molecule has 0 saturated carbocycles. The van der Waals surface area contributed by atoms with E-state index in [4.69, 9.17) is 0 Å². The summed E-state index contributed by atoms with van der Waals surface area (Å²) in [7, 11) is 0. The van der Waals surface area contributed by atoms with Gasteiger partial charge in [-0.2, -0.15) is 0 Å². The molecule has 138 valence electrons. The number of imidazole rings is 1. The second-order valence-corrected chi connectivity index (χ2v) is 6.96. The van der Waals surface area contributed by atoms with Crippen molar-refractivity contribution in [3.8, 4) is 11.3 Å². The first-order valence-electron chi connectivity index (χ1n) is 9.44. The van der Waals surface area contributed by atoms with Crippen LogP contribution in [-0.2, 0) is 11.3 Å². The predicted molar refractivity (Wildman–Crippen MR) is 107 cm³/mol. The van der Waals surface area contributed by atoms with Crippen molar-refractivity contribution in [2.24, 2.45) is 0 Å². The number of rotatable bonds is 6. The highest BCUT2D eigenvalue weighted by Crippen LogP contribution is 2.25. The minimum atomic E-state index is 0.160. The molecule has 3 aromatic rings. The van der Waals surface area contributed by atoms with E-state index in [0.29, 0.717) is 13.0 Å². The molecule has 1 saturated heterocycles. The summed E-state index contributed by atoms with van der Waals surface area (Å²) < 4.78 is 0. The van der Waals surface area contributed by atoms with Crippen LogP contribution in [0.25, 0.3) is 11.3 Å². The summed E-state index contributed by atoms with van der Waals surface area (Å²) in [4.78, 5) is 21.7. The molecule has 4 rings (SSSR count). The lowest BCUT2D eigenvalue weighted by Gasteiger charge is -2.19. The number of anilines is 1. The Morgan fingerprint density at radius 2 is 2.04 bits per heavy atom. The maximum atomic E-state index is 12.0. The van der Waals surface area contributed by atoms with Gasteiger partial charge in [0.25, 0.3) is 0 Å². The van der Waals surface area contributed by atoms with Crippen molar-refractivity contribution in [3.63, 3.8) is 0 Å². The first-order valence-corrected chi connectivity index (χ1v) is 9.44. The Morgan fingerprint density at radius 1 is 1.19 bits per heavy atom. The van der Waals surface area contributed by atoms with Crippen LogP contribution in [0.2, 0.25) is 0 Å². The number of nitrogens with one attached hydrogen (secondary N) is 2. The molecule has 1 atom stereocenters. The molecular weight excluding hydrogens is 336 g/mol. The third-order valence-corrected chi connectivity index (χ3v) is 5.04. The van der Waals surface area contributed by atoms with Crippen molar-refractivity contribution in [2.45, 2.75) is 32.4 Å². The Bertz CT molecular complexity index is 919. The first-order chi connectivity index (χ1) is 13.2. The number of nitrogens with zero attached hydrogens (tertiary/aromatic N) is 2. The minimum Gasteiger partial charge on any atom is -0.341 e. The van der Waals surface area contributed by atoms with Gasteiger partial charge < -0.3 is 15.2 Å². The van der Waals surface area contributed by atoms with E-state index < -0.39 is 0 Å². The summed E-state index contributed by atoms with van der Waals surface area (Å²) in [6, 6.07) is 18.6. The SMILES string of the molecule is CC(NCc1ncc(-c2ccccc2)[nH]1)c1cccc(N2CCCC2=O)c1. The first kappa shape index (κ1) is 17.5. The summed E-state index contributed by atoms with van der Waals surface area (Å²) in [5.41, 5.74) is 4.32. The summed E-state index contributed by atoms with van der Waals surface area (Å²) in [6.45, 7) is 3.60. The maximum Gasteiger partial charge on any atom is 0.227 e. The average molecular weight is 360 g/mol. The molecule has 0 spiro atoms. The van der Waals surface area contributed by atoms with E-state index in [-0.39, 0.29) is 11.9 Å². The van der Waals surface area contributed by atoms with Crippen molar-refractivity contribution in [1.29, 1.82) is 0 Å². The van der Waals surface area contributed by atoms with E-state index in [1.54, 1.807) is 0 Å². The molecule has 0 radical (unpaired) electrons. The maximum absolute atomic E-state index is 12.0. The number of carbonyl (C=O) groups excluding carboxylic acids is 1. The van der Waals surface area contributed by atoms with Gasteiger partial charge >= 0.3 is 0 Å². The molecular formula is C22H24N4O. The van der Waals surface area contributed by atoms with Crippen molar-refractivity contribution < 1.29 is 4.79 Å². The highest BCUT2D eigenvalue weighted by atomic mass is 16.2. The lowest BCUT2D eigenvalue weighted by Crippen LogP contribution is -2.24. The predicted octanol–water partition coefficient (Wildman–Crippen LogP) is 4.05. The molecule has 1 aliphatic heterocycles. The standard InChI is InChI=1S/C22H24N4O/c1-16(18-9-5-10-19(13-18)26-12-6-11-22(26)27)23-15-21-24-14-20(25-21)17-7-3-2-4-8-17/h2-5,7-10,13-14,16,23H,6,11-12,15H2,1H3,(H,24,25). The van der Waals surface area contributed by atoms with Gasteiger partial charge in [0.1, 0.15) is 5.82 Å². The number of hydrogen-bond acceptors (Lipinski definition) is 3. The van der Waals surface area contributed by atoms with E-state index in [1.165, 1.54) is 5.56 Å². The number of H-pyrrole nitrogens is 1. The normalized spacial score (nSPS) is 15.3. The van der Waals surface area contributed by atoms with Crippen molar-refractivity contribution in [1.82, 2.24) is 15.3 Å². The van der Waals surface area contributed by atoms with Gasteiger partial charge in [0.15, 0.2) is 0 Å². The highest BCUT2D eigenvalue weighted by molar-refractivity contribution is 5.95. The van der Waals surface area contributed by atoms with Gasteiger partial charge in [0, 0.05) is 24.7 Å².